The van der Waals surface area contributed by atoms with Gasteiger partial charge in [0.05, 0.1) is 0 Å². The first kappa shape index (κ1) is 6.99. The summed E-state index contributed by atoms with van der Waals surface area (Å²) < 4.78 is 4.83. The zero-order chi connectivity index (χ0) is 5.54. The molecule has 0 saturated carbocycles. The average Bonchev–Trinajstić information content (AvgIpc) is 1.69. The first-order chi connectivity index (χ1) is 3.41. The molecular formula is C3H7B3O. The Morgan fingerprint density at radius 1 is 1.71 bits per heavy atom. The van der Waals surface area contributed by atoms with E-state index in [9.17, 15) is 0 Å². The molecule has 7 heavy (non-hydrogen) atoms. The molecule has 0 fully saturated rings. The van der Waals surface area contributed by atoms with E-state index in [1.165, 1.54) is 13.7 Å². The van der Waals surface area contributed by atoms with Crippen LogP contribution in [0.25, 0.3) is 0 Å². The third-order valence-electron chi connectivity index (χ3n) is 0.497. The molecule has 0 N–H and O–H groups in total. The van der Waals surface area contributed by atoms with E-state index in [0.717, 1.165) is 13.0 Å². The first-order valence-electron chi connectivity index (χ1n) is 2.40. The fourth-order valence-corrected chi connectivity index (χ4v) is 0.241. The van der Waals surface area contributed by atoms with Gasteiger partial charge in [-0.1, -0.05) is 0 Å². The summed E-state index contributed by atoms with van der Waals surface area (Å²) in [5.74, 6) is 0. The zero-order valence-electron chi connectivity index (χ0n) is 4.55. The van der Waals surface area contributed by atoms with E-state index in [1.807, 2.05) is 6.92 Å². The van der Waals surface area contributed by atoms with Crippen molar-refractivity contribution in [3.05, 3.63) is 0 Å². The van der Waals surface area contributed by atoms with Crippen LogP contribution in [-0.2, 0) is 4.65 Å². The third-order valence-corrected chi connectivity index (χ3v) is 0.497. The summed E-state index contributed by atoms with van der Waals surface area (Å²) in [5, 5.41) is 0. The number of hydrogen-bond donors (Lipinski definition) is 0. The van der Waals surface area contributed by atoms with E-state index >= 15 is 0 Å². The van der Waals surface area contributed by atoms with Crippen LogP contribution in [0, 0.1) is 0 Å². The molecular weight excluding hydrogens is 84.5 g/mol. The quantitative estimate of drug-likeness (QED) is 0.343. The van der Waals surface area contributed by atoms with E-state index in [4.69, 9.17) is 12.4 Å². The monoisotopic (exact) mass is 92.1 g/mol. The van der Waals surface area contributed by atoms with Crippen molar-refractivity contribution in [3.8, 4) is 0 Å². The van der Waals surface area contributed by atoms with Crippen LogP contribution in [0.3, 0.4) is 0 Å². The van der Waals surface area contributed by atoms with Crippen molar-refractivity contribution in [1.29, 1.82) is 0 Å². The molecule has 0 atom stereocenters. The van der Waals surface area contributed by atoms with Crippen LogP contribution >= 0.6 is 0 Å². The second-order valence-corrected chi connectivity index (χ2v) is 1.20. The molecule has 4 heteroatoms. The van der Waals surface area contributed by atoms with Gasteiger partial charge in [0.15, 0.2) is 0 Å². The summed E-state index contributed by atoms with van der Waals surface area (Å²) in [5.41, 5.74) is 0. The summed E-state index contributed by atoms with van der Waals surface area (Å²) in [6, 6.07) is 0. The second-order valence-electron chi connectivity index (χ2n) is 1.20. The summed E-state index contributed by atoms with van der Waals surface area (Å²) >= 11 is 0. The normalized spacial score (nSPS) is 7.57. The van der Waals surface area contributed by atoms with Gasteiger partial charge in [-0.25, -0.2) is 0 Å². The maximum absolute atomic E-state index is 4.96. The van der Waals surface area contributed by atoms with Gasteiger partial charge in [-0.15, -0.1) is 0 Å². The van der Waals surface area contributed by atoms with Crippen molar-refractivity contribution >= 4 is 21.4 Å². The Morgan fingerprint density at radius 3 is 2.86 bits per heavy atom. The average molecular weight is 91.5 g/mol. The van der Waals surface area contributed by atoms with E-state index in [2.05, 4.69) is 0 Å². The predicted octanol–water partition coefficient (Wildman–Crippen LogP) is -0.265. The fourth-order valence-electron chi connectivity index (χ4n) is 0.241. The fraction of sp³-hybridized carbons (Fsp3) is 1.00. The Bertz CT molecular complexity index is 54.1. The maximum atomic E-state index is 4.96. The molecule has 34 valence electrons. The van der Waals surface area contributed by atoms with Crippen molar-refractivity contribution in [2.24, 2.45) is 0 Å². The number of hydrogen-bond acceptors (Lipinski definition) is 1. The SMILES string of the molecule is [B]B=BOCCC. The molecule has 0 aliphatic rings. The Hall–Kier alpha value is -0.00519. The summed E-state index contributed by atoms with van der Waals surface area (Å²) in [4.78, 5) is 0. The molecule has 2 radical (unpaired) electrons. The van der Waals surface area contributed by atoms with E-state index in [-0.39, 0.29) is 0 Å². The molecule has 0 unspecified atom stereocenters. The summed E-state index contributed by atoms with van der Waals surface area (Å²) in [7, 11) is 6.45. The van der Waals surface area contributed by atoms with Crippen LogP contribution in [0.15, 0.2) is 0 Å². The summed E-state index contributed by atoms with van der Waals surface area (Å²) in [6.45, 7) is 4.19. The van der Waals surface area contributed by atoms with Gasteiger partial charge < -0.3 is 0 Å². The van der Waals surface area contributed by atoms with Crippen molar-refractivity contribution < 1.29 is 4.65 Å². The van der Waals surface area contributed by atoms with Crippen LogP contribution in [0.4, 0.5) is 0 Å². The molecule has 0 aliphatic heterocycles. The van der Waals surface area contributed by atoms with Crippen LogP contribution < -0.4 is 0 Å². The van der Waals surface area contributed by atoms with Gasteiger partial charge in [0.25, 0.3) is 0 Å². The minimum atomic E-state index is 0.758. The zero-order valence-corrected chi connectivity index (χ0v) is 4.55. The Morgan fingerprint density at radius 2 is 2.43 bits per heavy atom. The van der Waals surface area contributed by atoms with Crippen molar-refractivity contribution in [3.63, 3.8) is 0 Å². The molecule has 0 aromatic carbocycles. The molecule has 0 spiro atoms. The topological polar surface area (TPSA) is 9.23 Å². The van der Waals surface area contributed by atoms with Gasteiger partial charge in [-0.3, -0.25) is 0 Å². The number of rotatable bonds is 3. The molecule has 1 nitrogen and oxygen atoms in total. The first-order valence-corrected chi connectivity index (χ1v) is 2.40. The van der Waals surface area contributed by atoms with Gasteiger partial charge in [0, 0.05) is 0 Å². The van der Waals surface area contributed by atoms with Crippen LogP contribution in [0.2, 0.25) is 0 Å². The Kier molecular flexibility index (Phi) is 5.99. The molecule has 0 heterocycles. The van der Waals surface area contributed by atoms with Gasteiger partial charge in [0.1, 0.15) is 0 Å². The standard InChI is InChI=1S/C3H7B3O/c1-2-3-7-6-5-4/h2-3H2,1H3. The molecule has 0 saturated heterocycles. The molecule has 0 aromatic heterocycles. The Balaban J connectivity index is 2.69. The summed E-state index contributed by atoms with van der Waals surface area (Å²) in [6.07, 6.45) is 1.03. The van der Waals surface area contributed by atoms with Crippen molar-refractivity contribution in [2.45, 2.75) is 13.3 Å². The molecule has 0 aromatic rings. The second kappa shape index (κ2) is 5.99. The van der Waals surface area contributed by atoms with Crippen LogP contribution in [-0.4, -0.2) is 28.0 Å². The molecule has 0 aliphatic carbocycles. The predicted molar refractivity (Wildman–Crippen MR) is 33.5 cm³/mol. The van der Waals surface area contributed by atoms with Crippen molar-refractivity contribution in [2.75, 3.05) is 6.61 Å². The third kappa shape index (κ3) is 5.99. The van der Waals surface area contributed by atoms with Gasteiger partial charge in [0.2, 0.25) is 0 Å². The van der Waals surface area contributed by atoms with Crippen molar-refractivity contribution in [1.82, 2.24) is 0 Å². The minimum absolute atomic E-state index is 0.758. The molecule has 0 rings (SSSR count). The van der Waals surface area contributed by atoms with E-state index in [1.54, 1.807) is 0 Å². The van der Waals surface area contributed by atoms with Gasteiger partial charge in [-0.05, 0) is 0 Å². The Labute approximate surface area is 47.0 Å². The van der Waals surface area contributed by atoms with Crippen LogP contribution in [0.5, 0.6) is 0 Å². The molecule has 0 amide bonds. The van der Waals surface area contributed by atoms with Crippen LogP contribution in [0.1, 0.15) is 13.3 Å². The van der Waals surface area contributed by atoms with Gasteiger partial charge >= 0.3 is 46.0 Å². The van der Waals surface area contributed by atoms with Gasteiger partial charge in [-0.2, -0.15) is 0 Å². The van der Waals surface area contributed by atoms with E-state index in [0.29, 0.717) is 0 Å². The molecule has 0 bridgehead atoms. The van der Waals surface area contributed by atoms with E-state index < -0.39 is 0 Å².